The van der Waals surface area contributed by atoms with Gasteiger partial charge in [-0.3, -0.25) is 14.2 Å². The number of benzene rings is 1. The Morgan fingerprint density at radius 3 is 2.40 bits per heavy atom. The van der Waals surface area contributed by atoms with Gasteiger partial charge in [-0.05, 0) is 11.1 Å². The summed E-state index contributed by atoms with van der Waals surface area (Å²) in [6, 6.07) is 10.5. The number of hydrogen-bond donors (Lipinski definition) is 3. The predicted molar refractivity (Wildman–Crippen MR) is 117 cm³/mol. The van der Waals surface area contributed by atoms with Crippen LogP contribution in [0.3, 0.4) is 0 Å². The first kappa shape index (κ1) is 32.5. The normalized spacial score (nSPS) is 10.9. The van der Waals surface area contributed by atoms with Crippen LogP contribution < -0.4 is 64.1 Å². The molecular formula is C21H24Cl4F2N6O2. The third-order valence-corrected chi connectivity index (χ3v) is 5.04. The Labute approximate surface area is 226 Å². The average Bonchev–Trinajstić information content (AvgIpc) is 2.80. The predicted octanol–water partition coefficient (Wildman–Crippen LogP) is -6.86. The maximum atomic E-state index is 13.6. The van der Waals surface area contributed by atoms with Crippen molar-refractivity contribution < 1.29 is 58.6 Å². The SMILES string of the molecule is NCc1ccccc1CNC(=O)Cn1c(Cl)cnc(NC(c2cccc[nH+]2)C(F)F)c1=O.[Cl-].[Cl-].[Cl-].[H+].[H+]. The summed E-state index contributed by atoms with van der Waals surface area (Å²) >= 11 is 6.05. The van der Waals surface area contributed by atoms with E-state index in [1.54, 1.807) is 12.1 Å². The first-order chi connectivity index (χ1) is 15.4. The summed E-state index contributed by atoms with van der Waals surface area (Å²) in [4.78, 5) is 31.8. The highest BCUT2D eigenvalue weighted by Gasteiger charge is 2.29. The van der Waals surface area contributed by atoms with E-state index in [1.807, 2.05) is 24.3 Å². The second kappa shape index (κ2) is 15.5. The second-order valence-electron chi connectivity index (χ2n) is 6.84. The fraction of sp³-hybridized carbons (Fsp3) is 0.238. The molecule has 0 aliphatic carbocycles. The summed E-state index contributed by atoms with van der Waals surface area (Å²) in [7, 11) is 0. The Hall–Kier alpha value is -2.50. The number of alkyl halides is 2. The number of aromatic amines is 1. The van der Waals surface area contributed by atoms with E-state index in [0.717, 1.165) is 21.9 Å². The standard InChI is InChI=1S/C21H21ClF2N6O2.3ClH/c22-16-11-28-20(29-18(19(23)24)15-7-3-4-8-26-15)21(32)30(16)12-17(31)27-10-14-6-2-1-5-13(14)9-25;;;/h1-8,11,18-19H,9-10,12,25H2,(H,27,31)(H,28,29);3*1H. The number of nitrogens with one attached hydrogen (secondary N) is 3. The first-order valence-electron chi connectivity index (χ1n) is 9.71. The molecule has 1 atom stereocenters. The summed E-state index contributed by atoms with van der Waals surface area (Å²) < 4.78 is 28.2. The van der Waals surface area contributed by atoms with Crippen LogP contribution in [-0.4, -0.2) is 21.9 Å². The smallest absolute Gasteiger partial charge is 1.00 e. The van der Waals surface area contributed by atoms with Crippen LogP contribution in [0, 0.1) is 0 Å². The molecule has 0 saturated heterocycles. The lowest BCUT2D eigenvalue weighted by Gasteiger charge is -2.16. The molecule has 8 nitrogen and oxygen atoms in total. The van der Waals surface area contributed by atoms with Gasteiger partial charge in [0.1, 0.15) is 11.7 Å². The third-order valence-electron chi connectivity index (χ3n) is 4.73. The van der Waals surface area contributed by atoms with E-state index in [9.17, 15) is 18.4 Å². The number of nitrogens with zero attached hydrogens (tertiary/aromatic N) is 2. The molecule has 0 radical (unpaired) electrons. The van der Waals surface area contributed by atoms with Gasteiger partial charge in [-0.25, -0.2) is 18.7 Å². The van der Waals surface area contributed by atoms with Crippen molar-refractivity contribution in [3.05, 3.63) is 87.2 Å². The largest absolute Gasteiger partial charge is 1.00 e. The molecule has 0 aliphatic heterocycles. The first-order valence-corrected chi connectivity index (χ1v) is 10.1. The number of amides is 1. The highest BCUT2D eigenvalue weighted by molar-refractivity contribution is 6.29. The molecule has 3 aromatic rings. The maximum absolute atomic E-state index is 13.6. The Kier molecular flexibility index (Phi) is 14.4. The van der Waals surface area contributed by atoms with Gasteiger partial charge in [0.05, 0.1) is 6.20 Å². The molecule has 0 bridgehead atoms. The molecule has 14 heteroatoms. The molecule has 0 fully saturated rings. The highest BCUT2D eigenvalue weighted by atomic mass is 35.5. The van der Waals surface area contributed by atoms with Crippen LogP contribution in [0.2, 0.25) is 5.15 Å². The molecule has 1 amide bonds. The maximum Gasteiger partial charge on any atom is 1.00 e. The quantitative estimate of drug-likeness (QED) is 0.236. The number of pyridine rings is 1. The van der Waals surface area contributed by atoms with Crippen molar-refractivity contribution in [2.45, 2.75) is 32.1 Å². The van der Waals surface area contributed by atoms with E-state index in [2.05, 4.69) is 20.6 Å². The molecule has 5 N–H and O–H groups in total. The molecule has 192 valence electrons. The Morgan fingerprint density at radius 2 is 1.80 bits per heavy atom. The molecule has 35 heavy (non-hydrogen) atoms. The van der Waals surface area contributed by atoms with E-state index in [1.165, 1.54) is 12.3 Å². The summed E-state index contributed by atoms with van der Waals surface area (Å²) in [5, 5.41) is 5.05. The minimum atomic E-state index is -2.83. The lowest BCUT2D eigenvalue weighted by molar-refractivity contribution is -0.394. The average molecular weight is 572 g/mol. The zero-order valence-electron chi connectivity index (χ0n) is 20.0. The number of halogens is 6. The van der Waals surface area contributed by atoms with Crippen LogP contribution in [0.15, 0.2) is 59.7 Å². The zero-order chi connectivity index (χ0) is 23.1. The monoisotopic (exact) mass is 570 g/mol. The minimum absolute atomic E-state index is 0. The summed E-state index contributed by atoms with van der Waals surface area (Å²) in [6.07, 6.45) is -0.211. The number of carbonyl (C=O) groups excluding carboxylic acids is 1. The van der Waals surface area contributed by atoms with Crippen LogP contribution in [0.5, 0.6) is 0 Å². The van der Waals surface area contributed by atoms with E-state index in [-0.39, 0.29) is 63.3 Å². The molecule has 1 aromatic carbocycles. The van der Waals surface area contributed by atoms with Gasteiger partial charge < -0.3 is 53.6 Å². The molecular weight excluding hydrogens is 548 g/mol. The number of aromatic nitrogens is 3. The van der Waals surface area contributed by atoms with Crippen LogP contribution in [0.4, 0.5) is 14.6 Å². The Balaban J connectivity index is -0.00000231. The van der Waals surface area contributed by atoms with Crippen LogP contribution in [-0.2, 0) is 24.4 Å². The van der Waals surface area contributed by atoms with Gasteiger partial charge in [-0.15, -0.1) is 0 Å². The number of nitrogens with two attached hydrogens (primary N) is 1. The topological polar surface area (TPSA) is 116 Å². The lowest BCUT2D eigenvalue weighted by atomic mass is 10.1. The number of H-pyrrole nitrogens is 1. The minimum Gasteiger partial charge on any atom is -1.00 e. The number of anilines is 1. The van der Waals surface area contributed by atoms with Gasteiger partial charge in [0, 0.05) is 25.2 Å². The fourth-order valence-electron chi connectivity index (χ4n) is 3.06. The van der Waals surface area contributed by atoms with Crippen molar-refractivity contribution in [3.8, 4) is 0 Å². The molecule has 1 unspecified atom stereocenters. The van der Waals surface area contributed by atoms with Gasteiger partial charge in [-0.2, -0.15) is 0 Å². The highest BCUT2D eigenvalue weighted by Crippen LogP contribution is 2.21. The van der Waals surface area contributed by atoms with Gasteiger partial charge >= 0.3 is 2.85 Å². The summed E-state index contributed by atoms with van der Waals surface area (Å²) in [5.74, 6) is -0.835. The third kappa shape index (κ3) is 8.59. The van der Waals surface area contributed by atoms with Crippen molar-refractivity contribution in [1.82, 2.24) is 14.9 Å². The number of rotatable bonds is 9. The Morgan fingerprint density at radius 1 is 1.14 bits per heavy atom. The summed E-state index contributed by atoms with van der Waals surface area (Å²) in [5.41, 5.74) is 6.80. The zero-order valence-corrected chi connectivity index (χ0v) is 21.1. The molecule has 0 spiro atoms. The van der Waals surface area contributed by atoms with E-state index in [4.69, 9.17) is 17.3 Å². The molecule has 0 aliphatic rings. The molecule has 0 saturated carbocycles. The Bertz CT molecular complexity index is 1150. The van der Waals surface area contributed by atoms with Crippen molar-refractivity contribution in [1.29, 1.82) is 0 Å². The van der Waals surface area contributed by atoms with Crippen molar-refractivity contribution >= 4 is 23.3 Å². The number of carbonyl (C=O) groups is 1. The summed E-state index contributed by atoms with van der Waals surface area (Å²) in [6.45, 7) is 0.128. The second-order valence-corrected chi connectivity index (χ2v) is 7.23. The van der Waals surface area contributed by atoms with Crippen molar-refractivity contribution in [3.63, 3.8) is 0 Å². The van der Waals surface area contributed by atoms with Crippen LogP contribution >= 0.6 is 11.6 Å². The van der Waals surface area contributed by atoms with Crippen LogP contribution in [0.25, 0.3) is 0 Å². The fourth-order valence-corrected chi connectivity index (χ4v) is 3.25. The molecule has 2 heterocycles. The molecule has 3 rings (SSSR count). The lowest BCUT2D eigenvalue weighted by Crippen LogP contribution is -3.00. The molecule has 2 aromatic heterocycles. The van der Waals surface area contributed by atoms with Gasteiger partial charge in [0.25, 0.3) is 12.0 Å². The number of hydrogen-bond acceptors (Lipinski definition) is 5. The van der Waals surface area contributed by atoms with Gasteiger partial charge in [0.2, 0.25) is 11.6 Å². The van der Waals surface area contributed by atoms with E-state index >= 15 is 0 Å². The van der Waals surface area contributed by atoms with Gasteiger partial charge in [-0.1, -0.05) is 41.9 Å². The van der Waals surface area contributed by atoms with Gasteiger partial charge in [0.15, 0.2) is 18.1 Å². The van der Waals surface area contributed by atoms with Crippen molar-refractivity contribution in [2.24, 2.45) is 5.73 Å². The van der Waals surface area contributed by atoms with E-state index < -0.39 is 30.5 Å². The van der Waals surface area contributed by atoms with Crippen molar-refractivity contribution in [2.75, 3.05) is 5.32 Å². The van der Waals surface area contributed by atoms with E-state index in [0.29, 0.717) is 6.54 Å². The van der Waals surface area contributed by atoms with Crippen LogP contribution in [0.1, 0.15) is 25.7 Å².